The Bertz CT molecular complexity index is 787. The number of anilines is 1. The van der Waals surface area contributed by atoms with Crippen LogP contribution in [0.3, 0.4) is 0 Å². The zero-order chi connectivity index (χ0) is 20.5. The highest BCUT2D eigenvalue weighted by molar-refractivity contribution is 5.83. The van der Waals surface area contributed by atoms with Gasteiger partial charge in [0, 0.05) is 25.0 Å². The molecule has 0 spiro atoms. The summed E-state index contributed by atoms with van der Waals surface area (Å²) in [7, 11) is 0. The van der Waals surface area contributed by atoms with Crippen molar-refractivity contribution in [2.75, 3.05) is 18.0 Å². The molecular formula is C23H35N5O2. The molecule has 1 saturated heterocycles. The van der Waals surface area contributed by atoms with Crippen LogP contribution in [0, 0.1) is 35.0 Å². The van der Waals surface area contributed by atoms with Crippen molar-refractivity contribution in [2.45, 2.75) is 77.0 Å². The van der Waals surface area contributed by atoms with E-state index in [1.165, 1.54) is 19.3 Å². The number of carbonyl (C=O) groups is 1. The lowest BCUT2D eigenvalue weighted by Gasteiger charge is -2.56. The molecule has 1 amide bonds. The van der Waals surface area contributed by atoms with Crippen molar-refractivity contribution < 1.29 is 9.90 Å². The minimum atomic E-state index is -0.437. The topological polar surface area (TPSA) is 83.3 Å². The lowest BCUT2D eigenvalue weighted by atomic mass is 9.49. The fourth-order valence-corrected chi connectivity index (χ4v) is 8.19. The van der Waals surface area contributed by atoms with Gasteiger partial charge in [0.1, 0.15) is 6.33 Å². The van der Waals surface area contributed by atoms with Crippen LogP contribution in [0.2, 0.25) is 0 Å². The Hall–Kier alpha value is -1.63. The van der Waals surface area contributed by atoms with Gasteiger partial charge >= 0.3 is 0 Å². The predicted octanol–water partition coefficient (Wildman–Crippen LogP) is 2.21. The molecule has 7 nitrogen and oxygen atoms in total. The third-order valence-electron chi connectivity index (χ3n) is 9.16. The van der Waals surface area contributed by atoms with Crippen LogP contribution in [0.1, 0.15) is 58.3 Å². The summed E-state index contributed by atoms with van der Waals surface area (Å²) in [6, 6.07) is -0.101. The zero-order valence-corrected chi connectivity index (χ0v) is 18.0. The van der Waals surface area contributed by atoms with E-state index < -0.39 is 6.10 Å². The Morgan fingerprint density at radius 1 is 1.10 bits per heavy atom. The number of carbonyl (C=O) groups excluding carboxylic acids is 1. The predicted molar refractivity (Wildman–Crippen MR) is 113 cm³/mol. The Morgan fingerprint density at radius 2 is 1.73 bits per heavy atom. The number of aromatic nitrogens is 3. The number of aryl methyl sites for hydroxylation is 1. The average molecular weight is 414 g/mol. The molecule has 30 heavy (non-hydrogen) atoms. The van der Waals surface area contributed by atoms with Gasteiger partial charge in [-0.15, -0.1) is 0 Å². The number of nitrogens with one attached hydrogen (secondary N) is 1. The molecule has 6 aliphatic rings. The van der Waals surface area contributed by atoms with E-state index >= 15 is 0 Å². The number of nitrogens with zero attached hydrogens (tertiary/aromatic N) is 4. The molecule has 5 aliphatic carbocycles. The fraction of sp³-hybridized carbons (Fsp3) is 0.870. The lowest BCUT2D eigenvalue weighted by Crippen LogP contribution is -2.58. The molecule has 2 N–H and O–H groups in total. The number of amides is 1. The van der Waals surface area contributed by atoms with Crippen LogP contribution >= 0.6 is 0 Å². The van der Waals surface area contributed by atoms with Crippen molar-refractivity contribution in [3.8, 4) is 0 Å². The monoisotopic (exact) mass is 413 g/mol. The first-order valence-electron chi connectivity index (χ1n) is 12.1. The smallest absolute Gasteiger partial charge is 0.226 e. The van der Waals surface area contributed by atoms with Crippen molar-refractivity contribution in [3.05, 3.63) is 6.33 Å². The molecule has 6 fully saturated rings. The highest BCUT2D eigenvalue weighted by atomic mass is 16.3. The molecule has 4 bridgehead atoms. The number of fused-ring (bicyclic) bond motifs is 1. The van der Waals surface area contributed by atoms with Gasteiger partial charge in [-0.3, -0.25) is 4.79 Å². The highest BCUT2D eigenvalue weighted by Gasteiger charge is 2.55. The Balaban J connectivity index is 1.13. The molecule has 4 atom stereocenters. The number of rotatable bonds is 4. The number of hydrogen-bond donors (Lipinski definition) is 2. The maximum atomic E-state index is 13.5. The number of hydrogen-bond acceptors (Lipinski definition) is 5. The van der Waals surface area contributed by atoms with Crippen LogP contribution < -0.4 is 10.2 Å². The zero-order valence-electron chi connectivity index (χ0n) is 18.0. The quantitative estimate of drug-likeness (QED) is 0.791. The fourth-order valence-electron chi connectivity index (χ4n) is 8.19. The molecule has 0 aromatic carbocycles. The summed E-state index contributed by atoms with van der Waals surface area (Å²) in [6.07, 6.45) is 10.1. The second-order valence-electron chi connectivity index (χ2n) is 11.1. The maximum Gasteiger partial charge on any atom is 0.226 e. The Kier molecular flexibility index (Phi) is 4.41. The van der Waals surface area contributed by atoms with Crippen molar-refractivity contribution in [1.29, 1.82) is 0 Å². The Morgan fingerprint density at radius 3 is 2.37 bits per heavy atom. The summed E-state index contributed by atoms with van der Waals surface area (Å²) in [5.74, 6) is 4.46. The van der Waals surface area contributed by atoms with Crippen LogP contribution in [0.15, 0.2) is 6.33 Å². The molecule has 2 heterocycles. The minimum Gasteiger partial charge on any atom is -0.391 e. The van der Waals surface area contributed by atoms with E-state index in [1.54, 1.807) is 6.33 Å². The van der Waals surface area contributed by atoms with Gasteiger partial charge in [-0.2, -0.15) is 10.1 Å². The summed E-state index contributed by atoms with van der Waals surface area (Å²) >= 11 is 0. The Labute approximate surface area is 178 Å². The lowest BCUT2D eigenvalue weighted by molar-refractivity contribution is -0.148. The van der Waals surface area contributed by atoms with Gasteiger partial charge in [0.2, 0.25) is 11.9 Å². The van der Waals surface area contributed by atoms with Crippen molar-refractivity contribution >= 4 is 11.9 Å². The second kappa shape index (κ2) is 6.94. The van der Waals surface area contributed by atoms with E-state index in [2.05, 4.69) is 27.2 Å². The molecule has 1 aromatic heterocycles. The molecule has 164 valence electrons. The first-order chi connectivity index (χ1) is 14.5. The molecule has 0 radical (unpaired) electrons. The first kappa shape index (κ1) is 19.1. The van der Waals surface area contributed by atoms with Gasteiger partial charge in [-0.05, 0) is 87.9 Å². The maximum absolute atomic E-state index is 13.5. The van der Waals surface area contributed by atoms with Gasteiger partial charge in [-0.25, -0.2) is 4.68 Å². The first-order valence-corrected chi connectivity index (χ1v) is 12.1. The van der Waals surface area contributed by atoms with E-state index in [1.807, 2.05) is 4.68 Å². The molecular weight excluding hydrogens is 378 g/mol. The van der Waals surface area contributed by atoms with Gasteiger partial charge in [-0.1, -0.05) is 0 Å². The molecule has 7 rings (SSSR count). The summed E-state index contributed by atoms with van der Waals surface area (Å²) in [6.45, 7) is 4.77. The van der Waals surface area contributed by atoms with E-state index in [-0.39, 0.29) is 17.4 Å². The van der Waals surface area contributed by atoms with E-state index in [0.29, 0.717) is 11.8 Å². The van der Waals surface area contributed by atoms with Crippen LogP contribution in [-0.2, 0) is 11.3 Å². The van der Waals surface area contributed by atoms with Gasteiger partial charge < -0.3 is 15.3 Å². The van der Waals surface area contributed by atoms with E-state index in [4.69, 9.17) is 0 Å². The van der Waals surface area contributed by atoms with Gasteiger partial charge in [0.25, 0.3) is 0 Å². The average Bonchev–Trinajstić information content (AvgIpc) is 3.33. The van der Waals surface area contributed by atoms with Crippen molar-refractivity contribution in [1.82, 2.24) is 20.1 Å². The van der Waals surface area contributed by atoms with E-state index in [9.17, 15) is 9.90 Å². The third-order valence-corrected chi connectivity index (χ3v) is 9.16. The summed E-state index contributed by atoms with van der Waals surface area (Å²) in [5, 5.41) is 18.6. The molecule has 0 unspecified atom stereocenters. The second-order valence-corrected chi connectivity index (χ2v) is 11.1. The van der Waals surface area contributed by atoms with E-state index in [0.717, 1.165) is 75.4 Å². The number of aliphatic hydroxyl groups excluding tert-OH is 1. The molecule has 5 saturated carbocycles. The van der Waals surface area contributed by atoms with Crippen LogP contribution in [0.5, 0.6) is 0 Å². The van der Waals surface area contributed by atoms with Gasteiger partial charge in [0.05, 0.1) is 12.1 Å². The number of aliphatic hydroxyl groups is 1. The molecule has 1 aromatic rings. The van der Waals surface area contributed by atoms with Crippen molar-refractivity contribution in [2.24, 2.45) is 35.0 Å². The van der Waals surface area contributed by atoms with Crippen LogP contribution in [0.4, 0.5) is 5.95 Å². The summed E-state index contributed by atoms with van der Waals surface area (Å²) in [4.78, 5) is 20.3. The van der Waals surface area contributed by atoms with Gasteiger partial charge in [0.15, 0.2) is 0 Å². The highest BCUT2D eigenvalue weighted by Crippen LogP contribution is 2.60. The van der Waals surface area contributed by atoms with Crippen LogP contribution in [-0.4, -0.2) is 51.0 Å². The largest absolute Gasteiger partial charge is 0.391 e. The van der Waals surface area contributed by atoms with Crippen molar-refractivity contribution in [3.63, 3.8) is 0 Å². The summed E-state index contributed by atoms with van der Waals surface area (Å²) in [5.41, 5.74) is -0.134. The summed E-state index contributed by atoms with van der Waals surface area (Å²) < 4.78 is 1.94. The standard InChI is InChI=1S/C23H35N5O2/c1-2-28-22(24-13-25-28)27-11-17-6-19(20(29)7-18(17)12-27)26-21(30)23-8-14-3-15(9-23)5-16(4-14)10-23/h13-20,29H,2-12H2,1H3,(H,26,30)/t14?,15?,16?,17-,18+,19-,20-,23?/m0/s1. The van der Waals surface area contributed by atoms with Crippen LogP contribution in [0.25, 0.3) is 0 Å². The minimum absolute atomic E-state index is 0.101. The molecule has 1 aliphatic heterocycles. The third kappa shape index (κ3) is 2.99. The molecule has 7 heteroatoms. The SMILES string of the molecule is CCn1ncnc1N1C[C@H]2C[C@H](O)[C@@H](NC(=O)C34CC5CC(CC(C5)C3)C4)C[C@H]2C1. The normalized spacial score (nSPS) is 44.3.